The van der Waals surface area contributed by atoms with Crippen molar-refractivity contribution in [3.05, 3.63) is 47.9 Å². The Morgan fingerprint density at radius 1 is 1.24 bits per heavy atom. The Labute approximate surface area is 121 Å². The SMILES string of the molecule is NC(=NC(=O)O)c1cc(-c2ccccc2)nc(C2CC2)n1. The number of nitrogens with zero attached hydrogens (tertiary/aromatic N) is 3. The second-order valence-electron chi connectivity index (χ2n) is 4.92. The number of carboxylic acid groups (broad SMARTS) is 1. The van der Waals surface area contributed by atoms with E-state index in [4.69, 9.17) is 10.8 Å². The summed E-state index contributed by atoms with van der Waals surface area (Å²) in [5.41, 5.74) is 7.73. The van der Waals surface area contributed by atoms with Crippen LogP contribution in [0.25, 0.3) is 11.3 Å². The highest BCUT2D eigenvalue weighted by molar-refractivity contribution is 6.01. The van der Waals surface area contributed by atoms with Crippen LogP contribution in [0.1, 0.15) is 30.3 Å². The molecular weight excluding hydrogens is 268 g/mol. The van der Waals surface area contributed by atoms with Crippen molar-refractivity contribution in [3.63, 3.8) is 0 Å². The molecule has 0 atom stereocenters. The number of aliphatic imine (C=N–C) groups is 1. The summed E-state index contributed by atoms with van der Waals surface area (Å²) < 4.78 is 0. The van der Waals surface area contributed by atoms with Crippen molar-refractivity contribution >= 4 is 11.9 Å². The minimum absolute atomic E-state index is 0.107. The first kappa shape index (κ1) is 13.2. The van der Waals surface area contributed by atoms with Crippen LogP contribution in [-0.4, -0.2) is 27.0 Å². The second kappa shape index (κ2) is 5.32. The molecule has 1 fully saturated rings. The molecule has 3 rings (SSSR count). The number of nitrogens with two attached hydrogens (primary N) is 1. The van der Waals surface area contributed by atoms with Gasteiger partial charge in [-0.1, -0.05) is 30.3 Å². The first-order valence-corrected chi connectivity index (χ1v) is 6.65. The van der Waals surface area contributed by atoms with Crippen molar-refractivity contribution < 1.29 is 9.90 Å². The van der Waals surface area contributed by atoms with Gasteiger partial charge >= 0.3 is 6.09 Å². The lowest BCUT2D eigenvalue weighted by Crippen LogP contribution is -2.18. The van der Waals surface area contributed by atoms with Crippen molar-refractivity contribution in [1.82, 2.24) is 9.97 Å². The van der Waals surface area contributed by atoms with E-state index in [-0.39, 0.29) is 5.84 Å². The lowest BCUT2D eigenvalue weighted by molar-refractivity contribution is 0.205. The Balaban J connectivity index is 2.08. The van der Waals surface area contributed by atoms with Crippen LogP contribution in [0.15, 0.2) is 41.4 Å². The van der Waals surface area contributed by atoms with Crippen molar-refractivity contribution in [2.24, 2.45) is 10.7 Å². The fourth-order valence-electron chi connectivity index (χ4n) is 2.04. The Hall–Kier alpha value is -2.76. The molecule has 1 aliphatic rings. The molecular formula is C15H14N4O2. The van der Waals surface area contributed by atoms with E-state index in [1.807, 2.05) is 30.3 Å². The molecule has 6 nitrogen and oxygen atoms in total. The van der Waals surface area contributed by atoms with Crippen LogP contribution in [0.2, 0.25) is 0 Å². The first-order valence-electron chi connectivity index (χ1n) is 6.65. The number of aromatic nitrogens is 2. The highest BCUT2D eigenvalue weighted by atomic mass is 16.4. The maximum Gasteiger partial charge on any atom is 0.433 e. The summed E-state index contributed by atoms with van der Waals surface area (Å²) in [7, 11) is 0. The molecule has 0 bridgehead atoms. The highest BCUT2D eigenvalue weighted by Crippen LogP contribution is 2.38. The summed E-state index contributed by atoms with van der Waals surface area (Å²) in [6, 6.07) is 11.3. The Morgan fingerprint density at radius 3 is 2.57 bits per heavy atom. The molecule has 1 aromatic heterocycles. The molecule has 1 aliphatic carbocycles. The van der Waals surface area contributed by atoms with E-state index in [2.05, 4.69) is 15.0 Å². The van der Waals surface area contributed by atoms with Gasteiger partial charge in [0, 0.05) is 11.5 Å². The van der Waals surface area contributed by atoms with Crippen molar-refractivity contribution in [2.45, 2.75) is 18.8 Å². The number of amidine groups is 1. The molecule has 1 saturated carbocycles. The fourth-order valence-corrected chi connectivity index (χ4v) is 2.04. The molecule has 0 saturated heterocycles. The van der Waals surface area contributed by atoms with E-state index < -0.39 is 6.09 Å². The van der Waals surface area contributed by atoms with Crippen LogP contribution in [0.3, 0.4) is 0 Å². The number of hydrogen-bond donors (Lipinski definition) is 2. The van der Waals surface area contributed by atoms with Crippen LogP contribution in [0.4, 0.5) is 4.79 Å². The van der Waals surface area contributed by atoms with Gasteiger partial charge in [0.2, 0.25) is 0 Å². The van der Waals surface area contributed by atoms with E-state index >= 15 is 0 Å². The zero-order valence-corrected chi connectivity index (χ0v) is 11.2. The molecule has 0 radical (unpaired) electrons. The third-order valence-electron chi connectivity index (χ3n) is 3.23. The van der Waals surface area contributed by atoms with E-state index in [1.54, 1.807) is 6.07 Å². The first-order chi connectivity index (χ1) is 10.1. The molecule has 1 heterocycles. The molecule has 3 N–H and O–H groups in total. The summed E-state index contributed by atoms with van der Waals surface area (Å²) in [4.78, 5) is 22.9. The third-order valence-corrected chi connectivity index (χ3v) is 3.23. The fraction of sp³-hybridized carbons (Fsp3) is 0.200. The predicted molar refractivity (Wildman–Crippen MR) is 78.2 cm³/mol. The molecule has 106 valence electrons. The zero-order valence-electron chi connectivity index (χ0n) is 11.2. The van der Waals surface area contributed by atoms with Crippen LogP contribution in [0, 0.1) is 0 Å². The topological polar surface area (TPSA) is 101 Å². The number of benzene rings is 1. The van der Waals surface area contributed by atoms with E-state index in [0.717, 1.165) is 24.1 Å². The van der Waals surface area contributed by atoms with Crippen LogP contribution in [0.5, 0.6) is 0 Å². The van der Waals surface area contributed by atoms with E-state index in [1.165, 1.54) is 0 Å². The van der Waals surface area contributed by atoms with Gasteiger partial charge in [-0.3, -0.25) is 0 Å². The average Bonchev–Trinajstić information content (AvgIpc) is 3.32. The van der Waals surface area contributed by atoms with Gasteiger partial charge in [0.25, 0.3) is 0 Å². The molecule has 1 amide bonds. The Morgan fingerprint density at radius 2 is 1.95 bits per heavy atom. The maximum atomic E-state index is 10.7. The number of hydrogen-bond acceptors (Lipinski definition) is 3. The quantitative estimate of drug-likeness (QED) is 0.665. The van der Waals surface area contributed by atoms with Crippen LogP contribution < -0.4 is 5.73 Å². The second-order valence-corrected chi connectivity index (χ2v) is 4.92. The normalized spacial score (nSPS) is 15.0. The van der Waals surface area contributed by atoms with Gasteiger partial charge in [0.05, 0.1) is 5.69 Å². The molecule has 6 heteroatoms. The van der Waals surface area contributed by atoms with E-state index in [9.17, 15) is 4.79 Å². The van der Waals surface area contributed by atoms with Crippen molar-refractivity contribution in [3.8, 4) is 11.3 Å². The smallest absolute Gasteiger partial charge is 0.433 e. The lowest BCUT2D eigenvalue weighted by atomic mass is 10.1. The van der Waals surface area contributed by atoms with Gasteiger partial charge in [0.15, 0.2) is 5.84 Å². The minimum Gasteiger partial charge on any atom is -0.463 e. The molecule has 1 aromatic carbocycles. The third kappa shape index (κ3) is 3.05. The van der Waals surface area contributed by atoms with E-state index in [0.29, 0.717) is 17.4 Å². The Kier molecular flexibility index (Phi) is 3.35. The van der Waals surface area contributed by atoms with Gasteiger partial charge in [-0.05, 0) is 18.9 Å². The van der Waals surface area contributed by atoms with Crippen LogP contribution >= 0.6 is 0 Å². The highest BCUT2D eigenvalue weighted by Gasteiger charge is 2.27. The monoisotopic (exact) mass is 282 g/mol. The Bertz CT molecular complexity index is 709. The van der Waals surface area contributed by atoms with Crippen LogP contribution in [-0.2, 0) is 0 Å². The number of amides is 1. The summed E-state index contributed by atoms with van der Waals surface area (Å²) in [6.07, 6.45) is 0.766. The van der Waals surface area contributed by atoms with Crippen molar-refractivity contribution in [2.75, 3.05) is 0 Å². The van der Waals surface area contributed by atoms with Gasteiger partial charge in [-0.25, -0.2) is 14.8 Å². The standard InChI is InChI=1S/C15H14N4O2/c16-13(19-15(20)21)12-8-11(9-4-2-1-3-5-9)17-14(18-12)10-6-7-10/h1-5,8,10H,6-7H2,(H2,16,19)(H,20,21). The minimum atomic E-state index is -1.33. The average molecular weight is 282 g/mol. The zero-order chi connectivity index (χ0) is 14.8. The number of rotatable bonds is 3. The summed E-state index contributed by atoms with van der Waals surface area (Å²) in [6.45, 7) is 0. The maximum absolute atomic E-state index is 10.7. The van der Waals surface area contributed by atoms with Gasteiger partial charge in [-0.15, -0.1) is 0 Å². The van der Waals surface area contributed by atoms with Gasteiger partial charge in [0.1, 0.15) is 11.5 Å². The molecule has 21 heavy (non-hydrogen) atoms. The van der Waals surface area contributed by atoms with Gasteiger partial charge in [-0.2, -0.15) is 4.99 Å². The summed E-state index contributed by atoms with van der Waals surface area (Å²) in [5.74, 6) is 0.934. The molecule has 2 aromatic rings. The largest absolute Gasteiger partial charge is 0.463 e. The summed E-state index contributed by atoms with van der Waals surface area (Å²) in [5, 5.41) is 8.71. The van der Waals surface area contributed by atoms with Gasteiger partial charge < -0.3 is 10.8 Å². The molecule has 0 spiro atoms. The van der Waals surface area contributed by atoms with Crippen molar-refractivity contribution in [1.29, 1.82) is 0 Å². The molecule has 0 unspecified atom stereocenters. The summed E-state index contributed by atoms with van der Waals surface area (Å²) >= 11 is 0. The molecule has 0 aliphatic heterocycles. The number of carbonyl (C=O) groups is 1. The lowest BCUT2D eigenvalue weighted by Gasteiger charge is -2.07. The predicted octanol–water partition coefficient (Wildman–Crippen LogP) is 2.40.